The van der Waals surface area contributed by atoms with E-state index in [0.29, 0.717) is 18.5 Å². The van der Waals surface area contributed by atoms with Gasteiger partial charge in [0.25, 0.3) is 0 Å². The molecule has 2 heterocycles. The fourth-order valence-electron chi connectivity index (χ4n) is 3.40. The lowest BCUT2D eigenvalue weighted by Gasteiger charge is -2.46. The molecule has 19 heavy (non-hydrogen) atoms. The lowest BCUT2D eigenvalue weighted by atomic mass is 9.84. The molecule has 0 aliphatic carbocycles. The first-order valence-corrected chi connectivity index (χ1v) is 7.16. The highest BCUT2D eigenvalue weighted by atomic mass is 19.4. The van der Waals surface area contributed by atoms with Crippen LogP contribution in [0, 0.1) is 5.92 Å². The van der Waals surface area contributed by atoms with Crippen LogP contribution in [0.15, 0.2) is 0 Å². The molecule has 0 radical (unpaired) electrons. The van der Waals surface area contributed by atoms with Crippen molar-refractivity contribution in [3.8, 4) is 0 Å². The maximum Gasteiger partial charge on any atom is 0.401 e. The number of halogens is 3. The quantitative estimate of drug-likeness (QED) is 0.788. The van der Waals surface area contributed by atoms with Gasteiger partial charge in [0.05, 0.1) is 6.54 Å². The number of alkyl halides is 3. The Hall–Kier alpha value is -0.330. The molecule has 6 heteroatoms. The van der Waals surface area contributed by atoms with Crippen LogP contribution >= 0.6 is 0 Å². The summed E-state index contributed by atoms with van der Waals surface area (Å²) < 4.78 is 36.0. The van der Waals surface area contributed by atoms with E-state index in [0.717, 1.165) is 26.1 Å². The van der Waals surface area contributed by atoms with Crippen LogP contribution < -0.4 is 5.32 Å². The molecule has 2 rings (SSSR count). The van der Waals surface area contributed by atoms with Crippen LogP contribution in [0.4, 0.5) is 13.2 Å². The van der Waals surface area contributed by atoms with E-state index >= 15 is 0 Å². The Kier molecular flexibility index (Phi) is 5.09. The third-order valence-corrected chi connectivity index (χ3v) is 4.36. The van der Waals surface area contributed by atoms with Gasteiger partial charge in [-0.3, -0.25) is 0 Å². The zero-order chi connectivity index (χ0) is 13.9. The third-order valence-electron chi connectivity index (χ3n) is 4.36. The molecule has 2 unspecified atom stereocenters. The van der Waals surface area contributed by atoms with Gasteiger partial charge in [-0.25, -0.2) is 0 Å². The molecule has 0 aromatic heterocycles. The third kappa shape index (κ3) is 4.61. The van der Waals surface area contributed by atoms with E-state index in [1.54, 1.807) is 0 Å². The van der Waals surface area contributed by atoms with Crippen molar-refractivity contribution in [1.82, 2.24) is 15.1 Å². The summed E-state index contributed by atoms with van der Waals surface area (Å²) in [5, 5.41) is 2.48. The Morgan fingerprint density at radius 2 is 2.00 bits per heavy atom. The predicted octanol–water partition coefficient (Wildman–Crippen LogP) is 1.55. The Morgan fingerprint density at radius 3 is 2.74 bits per heavy atom. The first kappa shape index (κ1) is 15.1. The topological polar surface area (TPSA) is 18.5 Å². The minimum absolute atomic E-state index is 0.423. The maximum absolute atomic E-state index is 12.0. The SMILES string of the molecule is CN1CCCC2CN(CCNCC(F)(F)F)CCC21. The summed E-state index contributed by atoms with van der Waals surface area (Å²) in [4.78, 5) is 4.76. The highest BCUT2D eigenvalue weighted by Gasteiger charge is 2.34. The smallest absolute Gasteiger partial charge is 0.307 e. The Bertz CT molecular complexity index is 283. The van der Waals surface area contributed by atoms with E-state index in [1.165, 1.54) is 19.4 Å². The van der Waals surface area contributed by atoms with Crippen LogP contribution in [0.1, 0.15) is 19.3 Å². The number of hydrogen-bond acceptors (Lipinski definition) is 3. The molecular formula is C13H24F3N3. The maximum atomic E-state index is 12.0. The number of hydrogen-bond donors (Lipinski definition) is 1. The molecule has 2 saturated heterocycles. The molecule has 2 fully saturated rings. The summed E-state index contributed by atoms with van der Waals surface area (Å²) in [6.45, 7) is 3.52. The number of likely N-dealkylation sites (tertiary alicyclic amines) is 2. The van der Waals surface area contributed by atoms with Gasteiger partial charge < -0.3 is 15.1 Å². The largest absolute Gasteiger partial charge is 0.401 e. The molecule has 0 bridgehead atoms. The zero-order valence-corrected chi connectivity index (χ0v) is 11.5. The fourth-order valence-corrected chi connectivity index (χ4v) is 3.40. The van der Waals surface area contributed by atoms with Crippen molar-refractivity contribution >= 4 is 0 Å². The second-order valence-corrected chi connectivity index (χ2v) is 5.83. The van der Waals surface area contributed by atoms with Crippen LogP contribution in [-0.2, 0) is 0 Å². The second kappa shape index (κ2) is 6.41. The summed E-state index contributed by atoms with van der Waals surface area (Å²) in [6.07, 6.45) is -0.432. The minimum Gasteiger partial charge on any atom is -0.307 e. The van der Waals surface area contributed by atoms with Crippen LogP contribution in [0.2, 0.25) is 0 Å². The van der Waals surface area contributed by atoms with E-state index in [1.807, 2.05) is 0 Å². The number of nitrogens with one attached hydrogen (secondary N) is 1. The van der Waals surface area contributed by atoms with Gasteiger partial charge in [-0.05, 0) is 45.3 Å². The van der Waals surface area contributed by atoms with E-state index in [-0.39, 0.29) is 0 Å². The van der Waals surface area contributed by atoms with Crippen molar-refractivity contribution in [2.75, 3.05) is 46.3 Å². The number of fused-ring (bicyclic) bond motifs is 1. The van der Waals surface area contributed by atoms with Crippen molar-refractivity contribution in [2.45, 2.75) is 31.5 Å². The van der Waals surface area contributed by atoms with Crippen LogP contribution in [0.25, 0.3) is 0 Å². The van der Waals surface area contributed by atoms with Crippen molar-refractivity contribution < 1.29 is 13.2 Å². The van der Waals surface area contributed by atoms with E-state index < -0.39 is 12.7 Å². The second-order valence-electron chi connectivity index (χ2n) is 5.83. The van der Waals surface area contributed by atoms with Crippen molar-refractivity contribution in [1.29, 1.82) is 0 Å². The fraction of sp³-hybridized carbons (Fsp3) is 1.00. The summed E-state index contributed by atoms with van der Waals surface area (Å²) >= 11 is 0. The van der Waals surface area contributed by atoms with Gasteiger partial charge in [0.2, 0.25) is 0 Å². The lowest BCUT2D eigenvalue weighted by Crippen LogP contribution is -2.53. The van der Waals surface area contributed by atoms with Gasteiger partial charge in [-0.15, -0.1) is 0 Å². The molecule has 2 atom stereocenters. The minimum atomic E-state index is -4.10. The van der Waals surface area contributed by atoms with Crippen molar-refractivity contribution in [2.24, 2.45) is 5.92 Å². The van der Waals surface area contributed by atoms with Crippen molar-refractivity contribution in [3.05, 3.63) is 0 Å². The van der Waals surface area contributed by atoms with Gasteiger partial charge in [-0.2, -0.15) is 13.2 Å². The summed E-state index contributed by atoms with van der Waals surface area (Å²) in [7, 11) is 2.19. The lowest BCUT2D eigenvalue weighted by molar-refractivity contribution is -0.124. The van der Waals surface area contributed by atoms with E-state index in [4.69, 9.17) is 0 Å². The summed E-state index contributed by atoms with van der Waals surface area (Å²) in [6, 6.07) is 0.688. The molecule has 112 valence electrons. The zero-order valence-electron chi connectivity index (χ0n) is 11.5. The molecule has 0 aromatic rings. The van der Waals surface area contributed by atoms with E-state index in [9.17, 15) is 13.2 Å². The molecule has 0 saturated carbocycles. The molecule has 1 N–H and O–H groups in total. The normalized spacial score (nSPS) is 30.3. The van der Waals surface area contributed by atoms with Gasteiger partial charge in [-0.1, -0.05) is 0 Å². The van der Waals surface area contributed by atoms with Gasteiger partial charge in [0.1, 0.15) is 0 Å². The monoisotopic (exact) mass is 279 g/mol. The summed E-state index contributed by atoms with van der Waals surface area (Å²) in [5.41, 5.74) is 0. The van der Waals surface area contributed by atoms with Gasteiger partial charge >= 0.3 is 6.18 Å². The van der Waals surface area contributed by atoms with Crippen LogP contribution in [0.3, 0.4) is 0 Å². The first-order chi connectivity index (χ1) is 8.96. The average Bonchev–Trinajstić information content (AvgIpc) is 2.34. The van der Waals surface area contributed by atoms with Gasteiger partial charge in [0, 0.05) is 25.7 Å². The van der Waals surface area contributed by atoms with Gasteiger partial charge in [0.15, 0.2) is 0 Å². The molecule has 2 aliphatic rings. The Morgan fingerprint density at radius 1 is 1.21 bits per heavy atom. The molecule has 0 spiro atoms. The van der Waals surface area contributed by atoms with Crippen LogP contribution in [0.5, 0.6) is 0 Å². The number of nitrogens with zero attached hydrogens (tertiary/aromatic N) is 2. The Balaban J connectivity index is 1.67. The molecule has 3 nitrogen and oxygen atoms in total. The molecule has 0 amide bonds. The molecular weight excluding hydrogens is 255 g/mol. The Labute approximate surface area is 113 Å². The van der Waals surface area contributed by atoms with E-state index in [2.05, 4.69) is 22.2 Å². The molecule has 2 aliphatic heterocycles. The molecule has 0 aromatic carbocycles. The number of piperidine rings is 2. The predicted molar refractivity (Wildman–Crippen MR) is 69.1 cm³/mol. The van der Waals surface area contributed by atoms with Crippen LogP contribution in [-0.4, -0.2) is 68.3 Å². The number of rotatable bonds is 4. The first-order valence-electron chi connectivity index (χ1n) is 7.16. The highest BCUT2D eigenvalue weighted by molar-refractivity contribution is 4.89. The highest BCUT2D eigenvalue weighted by Crippen LogP contribution is 2.29. The van der Waals surface area contributed by atoms with Crippen molar-refractivity contribution in [3.63, 3.8) is 0 Å². The average molecular weight is 279 g/mol. The standard InChI is InChI=1S/C13H24F3N3/c1-18-6-2-3-11-9-19(7-4-12(11)18)8-5-17-10-13(14,15)16/h11-12,17H,2-10H2,1H3. The summed E-state index contributed by atoms with van der Waals surface area (Å²) in [5.74, 6) is 0.704.